The number of rotatable bonds is 3. The molecule has 1 fully saturated rings. The van der Waals surface area contributed by atoms with Crippen LogP contribution in [0.4, 0.5) is 0 Å². The number of aliphatic hydroxyl groups excluding tert-OH is 1. The van der Waals surface area contributed by atoms with Crippen LogP contribution in [0.1, 0.15) is 13.3 Å². The SMILES string of the molecule is C[C@@]1(CO)C[C@@H]1/C=C/[Si](C)(C)C. The third-order valence-corrected chi connectivity index (χ3v) is 3.80. The Morgan fingerprint density at radius 1 is 1.50 bits per heavy atom. The molecule has 1 saturated carbocycles. The zero-order valence-corrected chi connectivity index (χ0v) is 9.59. The first-order valence-electron chi connectivity index (χ1n) is 4.68. The Labute approximate surface area is 76.5 Å². The van der Waals surface area contributed by atoms with E-state index in [0.29, 0.717) is 12.5 Å². The van der Waals surface area contributed by atoms with Gasteiger partial charge in [0.05, 0.1) is 8.07 Å². The van der Waals surface area contributed by atoms with Gasteiger partial charge in [-0.05, 0) is 17.8 Å². The molecule has 0 radical (unpaired) electrons. The number of allylic oxidation sites excluding steroid dienone is 1. The molecule has 70 valence electrons. The average molecular weight is 184 g/mol. The molecule has 2 heteroatoms. The van der Waals surface area contributed by atoms with Gasteiger partial charge in [-0.15, -0.1) is 0 Å². The second-order valence-electron chi connectivity index (χ2n) is 5.35. The van der Waals surface area contributed by atoms with Crippen molar-refractivity contribution in [1.82, 2.24) is 0 Å². The highest BCUT2D eigenvalue weighted by atomic mass is 28.3. The molecule has 1 nitrogen and oxygen atoms in total. The lowest BCUT2D eigenvalue weighted by atomic mass is 10.1. The summed E-state index contributed by atoms with van der Waals surface area (Å²) in [7, 11) is -1.02. The van der Waals surface area contributed by atoms with E-state index in [1.165, 1.54) is 6.42 Å². The standard InChI is InChI=1S/C10H20OSi/c1-10(8-11)7-9(10)5-6-12(2,3)4/h5-6,9,11H,7-8H2,1-4H3/b6-5+/t9-,10-/m0/s1. The van der Waals surface area contributed by atoms with E-state index < -0.39 is 8.07 Å². The molecule has 1 aliphatic carbocycles. The molecule has 0 aromatic carbocycles. The smallest absolute Gasteiger partial charge is 0.0682 e. The van der Waals surface area contributed by atoms with Crippen molar-refractivity contribution in [2.24, 2.45) is 11.3 Å². The normalized spacial score (nSPS) is 35.9. The van der Waals surface area contributed by atoms with E-state index in [-0.39, 0.29) is 5.41 Å². The predicted octanol–water partition coefficient (Wildman–Crippen LogP) is 2.44. The van der Waals surface area contributed by atoms with Gasteiger partial charge in [0.2, 0.25) is 0 Å². The molecule has 1 aliphatic rings. The van der Waals surface area contributed by atoms with Gasteiger partial charge < -0.3 is 5.11 Å². The molecule has 12 heavy (non-hydrogen) atoms. The van der Waals surface area contributed by atoms with Crippen LogP contribution in [0.25, 0.3) is 0 Å². The summed E-state index contributed by atoms with van der Waals surface area (Å²) in [5.74, 6) is 0.647. The van der Waals surface area contributed by atoms with Crippen LogP contribution < -0.4 is 0 Å². The summed E-state index contributed by atoms with van der Waals surface area (Å²) in [5.41, 5.74) is 2.61. The Bertz CT molecular complexity index is 193. The summed E-state index contributed by atoms with van der Waals surface area (Å²) >= 11 is 0. The van der Waals surface area contributed by atoms with Gasteiger partial charge in [0, 0.05) is 6.61 Å². The Morgan fingerprint density at radius 3 is 2.42 bits per heavy atom. The van der Waals surface area contributed by atoms with E-state index >= 15 is 0 Å². The van der Waals surface area contributed by atoms with Crippen molar-refractivity contribution in [2.45, 2.75) is 33.0 Å². The maximum Gasteiger partial charge on any atom is 0.0682 e. The first-order chi connectivity index (χ1) is 5.37. The van der Waals surface area contributed by atoms with Gasteiger partial charge in [0.15, 0.2) is 0 Å². The summed E-state index contributed by atoms with van der Waals surface area (Å²) in [6, 6.07) is 0. The molecule has 0 aliphatic heterocycles. The Hall–Kier alpha value is -0.0831. The van der Waals surface area contributed by atoms with Crippen LogP contribution in [0.2, 0.25) is 19.6 Å². The van der Waals surface area contributed by atoms with Crippen LogP contribution in [0.15, 0.2) is 11.8 Å². The van der Waals surface area contributed by atoms with Crippen molar-refractivity contribution in [3.8, 4) is 0 Å². The zero-order chi connectivity index (χ0) is 9.41. The van der Waals surface area contributed by atoms with Crippen molar-refractivity contribution in [2.75, 3.05) is 6.61 Å². The molecule has 2 atom stereocenters. The number of hydrogen-bond acceptors (Lipinski definition) is 1. The van der Waals surface area contributed by atoms with E-state index in [1.807, 2.05) is 0 Å². The lowest BCUT2D eigenvalue weighted by molar-refractivity contribution is 0.217. The van der Waals surface area contributed by atoms with Crippen molar-refractivity contribution < 1.29 is 5.11 Å². The molecular formula is C10H20OSi. The van der Waals surface area contributed by atoms with Crippen molar-refractivity contribution >= 4 is 8.07 Å². The highest BCUT2D eigenvalue weighted by molar-refractivity contribution is 6.80. The highest BCUT2D eigenvalue weighted by Crippen LogP contribution is 2.52. The van der Waals surface area contributed by atoms with Gasteiger partial charge in [0.25, 0.3) is 0 Å². The second kappa shape index (κ2) is 3.00. The molecule has 0 aromatic rings. The van der Waals surface area contributed by atoms with E-state index in [0.717, 1.165) is 0 Å². The van der Waals surface area contributed by atoms with Crippen LogP contribution in [-0.2, 0) is 0 Å². The topological polar surface area (TPSA) is 20.2 Å². The fourth-order valence-electron chi connectivity index (χ4n) is 1.33. The van der Waals surface area contributed by atoms with Crippen LogP contribution in [0.5, 0.6) is 0 Å². The van der Waals surface area contributed by atoms with Gasteiger partial charge in [0.1, 0.15) is 0 Å². The summed E-state index contributed by atoms with van der Waals surface area (Å²) < 4.78 is 0. The minimum atomic E-state index is -1.02. The second-order valence-corrected chi connectivity index (χ2v) is 10.4. The fraction of sp³-hybridized carbons (Fsp3) is 0.800. The summed E-state index contributed by atoms with van der Waals surface area (Å²) in [4.78, 5) is 0. The van der Waals surface area contributed by atoms with E-state index in [1.54, 1.807) is 0 Å². The maximum absolute atomic E-state index is 9.04. The van der Waals surface area contributed by atoms with E-state index in [4.69, 9.17) is 5.11 Å². The lowest BCUT2D eigenvalue weighted by Crippen LogP contribution is -2.15. The summed E-state index contributed by atoms with van der Waals surface area (Å²) in [6.45, 7) is 9.51. The van der Waals surface area contributed by atoms with Gasteiger partial charge in [-0.3, -0.25) is 0 Å². The molecule has 0 unspecified atom stereocenters. The molecule has 0 bridgehead atoms. The van der Waals surface area contributed by atoms with Gasteiger partial charge in [-0.1, -0.05) is 38.3 Å². The van der Waals surface area contributed by atoms with E-state index in [9.17, 15) is 0 Å². The summed E-state index contributed by atoms with van der Waals surface area (Å²) in [6.07, 6.45) is 3.49. The first kappa shape index (κ1) is 10.0. The summed E-state index contributed by atoms with van der Waals surface area (Å²) in [5, 5.41) is 9.04. The van der Waals surface area contributed by atoms with Crippen molar-refractivity contribution in [3.63, 3.8) is 0 Å². The van der Waals surface area contributed by atoms with Gasteiger partial charge in [-0.25, -0.2) is 0 Å². The molecule has 0 aromatic heterocycles. The van der Waals surface area contributed by atoms with Crippen LogP contribution in [0.3, 0.4) is 0 Å². The predicted molar refractivity (Wildman–Crippen MR) is 55.8 cm³/mol. The fourth-order valence-corrected chi connectivity index (χ4v) is 2.14. The van der Waals surface area contributed by atoms with Gasteiger partial charge in [-0.2, -0.15) is 0 Å². The minimum Gasteiger partial charge on any atom is -0.396 e. The molecule has 1 N–H and O–H groups in total. The largest absolute Gasteiger partial charge is 0.396 e. The van der Waals surface area contributed by atoms with Crippen molar-refractivity contribution in [3.05, 3.63) is 11.8 Å². The Balaban J connectivity index is 2.42. The first-order valence-corrected chi connectivity index (χ1v) is 8.25. The average Bonchev–Trinajstić information content (AvgIpc) is 2.58. The van der Waals surface area contributed by atoms with Crippen LogP contribution >= 0.6 is 0 Å². The number of hydrogen-bond donors (Lipinski definition) is 1. The molecule has 1 rings (SSSR count). The third kappa shape index (κ3) is 2.46. The Morgan fingerprint density at radius 2 is 2.08 bits per heavy atom. The van der Waals surface area contributed by atoms with Crippen LogP contribution in [0, 0.1) is 11.3 Å². The van der Waals surface area contributed by atoms with Gasteiger partial charge >= 0.3 is 0 Å². The third-order valence-electron chi connectivity index (χ3n) is 2.61. The van der Waals surface area contributed by atoms with Crippen LogP contribution in [-0.4, -0.2) is 19.8 Å². The van der Waals surface area contributed by atoms with Crippen molar-refractivity contribution in [1.29, 1.82) is 0 Å². The number of aliphatic hydroxyl groups is 1. The molecule has 0 amide bonds. The maximum atomic E-state index is 9.04. The zero-order valence-electron chi connectivity index (χ0n) is 8.59. The Kier molecular flexibility index (Phi) is 2.50. The highest BCUT2D eigenvalue weighted by Gasteiger charge is 2.47. The lowest BCUT2D eigenvalue weighted by Gasteiger charge is -2.09. The quantitative estimate of drug-likeness (QED) is 0.668. The minimum absolute atomic E-state index is 0.218. The molecule has 0 saturated heterocycles. The van der Waals surface area contributed by atoms with E-state index in [2.05, 4.69) is 38.3 Å². The molecule has 0 spiro atoms. The molecular weight excluding hydrogens is 164 g/mol. The monoisotopic (exact) mass is 184 g/mol. The molecule has 0 heterocycles.